The first-order chi connectivity index (χ1) is 8.51. The molecule has 0 spiro atoms. The third-order valence-electron chi connectivity index (χ3n) is 3.19. The van der Waals surface area contributed by atoms with E-state index >= 15 is 0 Å². The molecule has 0 aromatic rings. The molecule has 6 heteroatoms. The first-order valence-electron chi connectivity index (χ1n) is 6.73. The Kier molecular flexibility index (Phi) is 7.14. The summed E-state index contributed by atoms with van der Waals surface area (Å²) in [6, 6.07) is 0. The van der Waals surface area contributed by atoms with Gasteiger partial charge in [0.15, 0.2) is 0 Å². The van der Waals surface area contributed by atoms with Gasteiger partial charge in [-0.25, -0.2) is 8.42 Å². The van der Waals surface area contributed by atoms with E-state index in [1.807, 2.05) is 0 Å². The lowest BCUT2D eigenvalue weighted by Gasteiger charge is -2.23. The molecule has 0 radical (unpaired) electrons. The summed E-state index contributed by atoms with van der Waals surface area (Å²) in [5.41, 5.74) is 0. The highest BCUT2D eigenvalue weighted by Gasteiger charge is 2.17. The molecule has 0 saturated carbocycles. The molecule has 0 aromatic heterocycles. The maximum Gasteiger partial charge on any atom is 0.148 e. The van der Waals surface area contributed by atoms with E-state index in [9.17, 15) is 8.42 Å². The molecule has 108 valence electrons. The van der Waals surface area contributed by atoms with Gasteiger partial charge in [0.1, 0.15) is 9.84 Å². The molecule has 0 bridgehead atoms. The van der Waals surface area contributed by atoms with E-state index in [0.717, 1.165) is 39.2 Å². The minimum absolute atomic E-state index is 0.213. The third-order valence-corrected chi connectivity index (χ3v) is 4.13. The predicted molar refractivity (Wildman–Crippen MR) is 73.7 cm³/mol. The van der Waals surface area contributed by atoms with Crippen LogP contribution >= 0.6 is 0 Å². The van der Waals surface area contributed by atoms with Crippen LogP contribution in [0.1, 0.15) is 19.8 Å². The van der Waals surface area contributed by atoms with Crippen LogP contribution in [0.15, 0.2) is 0 Å². The van der Waals surface area contributed by atoms with Crippen LogP contribution in [0.5, 0.6) is 0 Å². The largest absolute Gasteiger partial charge is 0.377 e. The molecular weight excluding hydrogens is 252 g/mol. The normalized spacial score (nSPS) is 20.7. The average molecular weight is 278 g/mol. The molecule has 0 amide bonds. The minimum Gasteiger partial charge on any atom is -0.377 e. The smallest absolute Gasteiger partial charge is 0.148 e. The zero-order valence-electron chi connectivity index (χ0n) is 11.5. The van der Waals surface area contributed by atoms with Crippen LogP contribution in [-0.2, 0) is 14.6 Å². The van der Waals surface area contributed by atoms with Crippen molar-refractivity contribution in [3.8, 4) is 0 Å². The minimum atomic E-state index is -2.85. The number of likely N-dealkylation sites (N-methyl/N-ethyl adjacent to an activating group) is 1. The van der Waals surface area contributed by atoms with Crippen LogP contribution in [0.25, 0.3) is 0 Å². The summed E-state index contributed by atoms with van der Waals surface area (Å²) in [6.07, 6.45) is 4.00. The van der Waals surface area contributed by atoms with Crippen molar-refractivity contribution >= 4 is 9.84 Å². The van der Waals surface area contributed by atoms with Crippen molar-refractivity contribution in [2.75, 3.05) is 51.3 Å². The molecule has 0 aromatic carbocycles. The van der Waals surface area contributed by atoms with Crippen LogP contribution in [0, 0.1) is 0 Å². The lowest BCUT2D eigenvalue weighted by Crippen LogP contribution is -2.38. The van der Waals surface area contributed by atoms with Gasteiger partial charge in [0, 0.05) is 39.0 Å². The van der Waals surface area contributed by atoms with Gasteiger partial charge in [-0.05, 0) is 19.4 Å². The van der Waals surface area contributed by atoms with Crippen molar-refractivity contribution in [3.05, 3.63) is 0 Å². The predicted octanol–water partition coefficient (Wildman–Crippen LogP) is 0.122. The van der Waals surface area contributed by atoms with Gasteiger partial charge in [-0.1, -0.05) is 6.92 Å². The third kappa shape index (κ3) is 7.31. The summed E-state index contributed by atoms with van der Waals surface area (Å²) in [5.74, 6) is 0.213. The van der Waals surface area contributed by atoms with E-state index in [4.69, 9.17) is 4.74 Å². The van der Waals surface area contributed by atoms with Crippen molar-refractivity contribution < 1.29 is 13.2 Å². The second kappa shape index (κ2) is 8.09. The zero-order valence-corrected chi connectivity index (χ0v) is 12.3. The molecule has 1 rings (SSSR count). The van der Waals surface area contributed by atoms with Gasteiger partial charge in [0.25, 0.3) is 0 Å². The number of hydrogen-bond acceptors (Lipinski definition) is 5. The van der Waals surface area contributed by atoms with Gasteiger partial charge in [-0.3, -0.25) is 4.90 Å². The number of nitrogens with zero attached hydrogens (tertiary/aromatic N) is 1. The van der Waals surface area contributed by atoms with Crippen molar-refractivity contribution in [1.82, 2.24) is 10.2 Å². The Morgan fingerprint density at radius 2 is 2.17 bits per heavy atom. The molecule has 0 aliphatic carbocycles. The second-order valence-electron chi connectivity index (χ2n) is 4.91. The highest BCUT2D eigenvalue weighted by molar-refractivity contribution is 7.90. The fourth-order valence-electron chi connectivity index (χ4n) is 2.07. The van der Waals surface area contributed by atoms with Gasteiger partial charge in [0.05, 0.1) is 11.9 Å². The van der Waals surface area contributed by atoms with Crippen molar-refractivity contribution in [1.29, 1.82) is 0 Å². The van der Waals surface area contributed by atoms with Crippen molar-refractivity contribution in [3.63, 3.8) is 0 Å². The number of nitrogens with one attached hydrogen (secondary N) is 1. The van der Waals surface area contributed by atoms with Gasteiger partial charge >= 0.3 is 0 Å². The van der Waals surface area contributed by atoms with Crippen LogP contribution in [0.4, 0.5) is 0 Å². The SMILES string of the molecule is CCN(CCNCCS(C)(=O)=O)CC1CCCO1. The van der Waals surface area contributed by atoms with Crippen molar-refractivity contribution in [2.24, 2.45) is 0 Å². The van der Waals surface area contributed by atoms with E-state index < -0.39 is 9.84 Å². The molecule has 1 heterocycles. The summed E-state index contributed by atoms with van der Waals surface area (Å²) in [6.45, 7) is 7.35. The standard InChI is InChI=1S/C12H26N2O3S/c1-3-14(11-12-5-4-9-17-12)8-6-13-7-10-18(2,15)16/h12-13H,3-11H2,1-2H3. The summed E-state index contributed by atoms with van der Waals surface area (Å²) < 4.78 is 27.5. The first kappa shape index (κ1) is 15.9. The Balaban J connectivity index is 2.07. The Morgan fingerprint density at radius 3 is 2.72 bits per heavy atom. The number of hydrogen-bond donors (Lipinski definition) is 1. The molecular formula is C12H26N2O3S. The molecule has 5 nitrogen and oxygen atoms in total. The average Bonchev–Trinajstić information content (AvgIpc) is 2.78. The van der Waals surface area contributed by atoms with E-state index in [-0.39, 0.29) is 5.75 Å². The van der Waals surface area contributed by atoms with Gasteiger partial charge in [-0.15, -0.1) is 0 Å². The van der Waals surface area contributed by atoms with Gasteiger partial charge < -0.3 is 10.1 Å². The van der Waals surface area contributed by atoms with Crippen LogP contribution < -0.4 is 5.32 Å². The van der Waals surface area contributed by atoms with Gasteiger partial charge in [-0.2, -0.15) is 0 Å². The summed E-state index contributed by atoms with van der Waals surface area (Å²) >= 11 is 0. The van der Waals surface area contributed by atoms with E-state index in [2.05, 4.69) is 17.1 Å². The maximum atomic E-state index is 10.9. The fraction of sp³-hybridized carbons (Fsp3) is 1.00. The molecule has 18 heavy (non-hydrogen) atoms. The highest BCUT2D eigenvalue weighted by atomic mass is 32.2. The Bertz CT molecular complexity index is 313. The molecule has 1 unspecified atom stereocenters. The number of ether oxygens (including phenoxy) is 1. The summed E-state index contributed by atoms with van der Waals surface area (Å²) in [7, 11) is -2.85. The Hall–Kier alpha value is -0.170. The second-order valence-corrected chi connectivity index (χ2v) is 7.17. The summed E-state index contributed by atoms with van der Waals surface area (Å²) in [4.78, 5) is 2.35. The first-order valence-corrected chi connectivity index (χ1v) is 8.79. The van der Waals surface area contributed by atoms with Crippen molar-refractivity contribution in [2.45, 2.75) is 25.9 Å². The fourth-order valence-corrected chi connectivity index (χ4v) is 2.59. The lowest BCUT2D eigenvalue weighted by molar-refractivity contribution is 0.0752. The summed E-state index contributed by atoms with van der Waals surface area (Å²) in [5, 5.41) is 3.17. The Labute approximate surface area is 111 Å². The lowest BCUT2D eigenvalue weighted by atomic mass is 10.2. The Morgan fingerprint density at radius 1 is 1.39 bits per heavy atom. The molecule has 1 aliphatic rings. The quantitative estimate of drug-likeness (QED) is 0.607. The van der Waals surface area contributed by atoms with E-state index in [1.54, 1.807) is 0 Å². The maximum absolute atomic E-state index is 10.9. The van der Waals surface area contributed by atoms with Crippen LogP contribution in [0.2, 0.25) is 0 Å². The zero-order chi connectivity index (χ0) is 13.4. The molecule has 1 aliphatic heterocycles. The molecule has 1 saturated heterocycles. The number of rotatable bonds is 9. The highest BCUT2D eigenvalue weighted by Crippen LogP contribution is 2.12. The van der Waals surface area contributed by atoms with Crippen LogP contribution in [-0.4, -0.2) is 70.8 Å². The molecule has 1 fully saturated rings. The van der Waals surface area contributed by atoms with E-state index in [0.29, 0.717) is 12.6 Å². The van der Waals surface area contributed by atoms with Crippen LogP contribution in [0.3, 0.4) is 0 Å². The van der Waals surface area contributed by atoms with E-state index in [1.165, 1.54) is 12.7 Å². The molecule has 1 N–H and O–H groups in total. The monoisotopic (exact) mass is 278 g/mol. The van der Waals surface area contributed by atoms with Gasteiger partial charge in [0.2, 0.25) is 0 Å². The topological polar surface area (TPSA) is 58.6 Å². The number of sulfone groups is 1. The molecule has 1 atom stereocenters.